The molecule has 0 aliphatic carbocycles. The molecule has 0 radical (unpaired) electrons. The third-order valence-corrected chi connectivity index (χ3v) is 6.78. The SMILES string of the molecule is CC(C)(C)CNC=O.CCCCN.Cc1ncsc1-c1ccc(C(C)NC(=O)C2C[C@@H](O)CN2C=O)cc1. The van der Waals surface area contributed by atoms with Gasteiger partial charge in [0.1, 0.15) is 6.04 Å². The van der Waals surface area contributed by atoms with E-state index in [1.807, 2.05) is 43.6 Å². The number of thiazole rings is 1. The van der Waals surface area contributed by atoms with Crippen molar-refractivity contribution in [2.24, 2.45) is 11.1 Å². The summed E-state index contributed by atoms with van der Waals surface area (Å²) in [6, 6.07) is 7.23. The lowest BCUT2D eigenvalue weighted by molar-refractivity contribution is -0.131. The van der Waals surface area contributed by atoms with E-state index < -0.39 is 12.1 Å². The fourth-order valence-corrected chi connectivity index (χ4v) is 4.47. The lowest BCUT2D eigenvalue weighted by Gasteiger charge is -2.22. The van der Waals surface area contributed by atoms with Gasteiger partial charge >= 0.3 is 0 Å². The van der Waals surface area contributed by atoms with Gasteiger partial charge in [-0.3, -0.25) is 14.4 Å². The molecule has 9 nitrogen and oxygen atoms in total. The fourth-order valence-electron chi connectivity index (χ4n) is 3.66. The average molecular weight is 548 g/mol. The molecule has 2 unspecified atom stereocenters. The molecule has 1 fully saturated rings. The lowest BCUT2D eigenvalue weighted by Crippen LogP contribution is -2.43. The molecule has 10 heteroatoms. The number of nitrogens with two attached hydrogens (primary N) is 1. The van der Waals surface area contributed by atoms with Gasteiger partial charge in [0.05, 0.1) is 28.2 Å². The molecule has 3 amide bonds. The van der Waals surface area contributed by atoms with Crippen molar-refractivity contribution in [1.29, 1.82) is 0 Å². The van der Waals surface area contributed by atoms with Crippen LogP contribution in [0.15, 0.2) is 29.8 Å². The van der Waals surface area contributed by atoms with Crippen LogP contribution >= 0.6 is 11.3 Å². The number of β-amino-alcohol motifs (C(OH)–C–C–N with tert-alkyl or cyclic N) is 1. The summed E-state index contributed by atoms with van der Waals surface area (Å²) in [5.41, 5.74) is 10.3. The smallest absolute Gasteiger partial charge is 0.243 e. The van der Waals surface area contributed by atoms with Gasteiger partial charge < -0.3 is 26.4 Å². The van der Waals surface area contributed by atoms with Crippen molar-refractivity contribution >= 4 is 30.1 Å². The first-order valence-corrected chi connectivity index (χ1v) is 13.9. The third kappa shape index (κ3) is 11.7. The monoisotopic (exact) mass is 547 g/mol. The number of unbranched alkanes of at least 4 members (excludes halogenated alkanes) is 1. The predicted octanol–water partition coefficient (Wildman–Crippen LogP) is 3.41. The number of aliphatic hydroxyl groups excluding tert-OH is 1. The highest BCUT2D eigenvalue weighted by Crippen LogP contribution is 2.28. The van der Waals surface area contributed by atoms with Gasteiger partial charge in [0.25, 0.3) is 0 Å². The van der Waals surface area contributed by atoms with Gasteiger partial charge in [-0.25, -0.2) is 4.98 Å². The lowest BCUT2D eigenvalue weighted by atomic mass is 9.97. The number of aromatic nitrogens is 1. The average Bonchev–Trinajstić information content (AvgIpc) is 3.48. The summed E-state index contributed by atoms with van der Waals surface area (Å²) in [7, 11) is 0. The summed E-state index contributed by atoms with van der Waals surface area (Å²) in [6.07, 6.45) is 3.37. The molecule has 1 aliphatic rings. The zero-order chi connectivity index (χ0) is 28.7. The van der Waals surface area contributed by atoms with E-state index in [1.54, 1.807) is 11.3 Å². The standard InChI is InChI=1S/C18H21N3O3S.C6H13NO.C4H11N/c1-11(20-18(24)16-7-15(23)8-21(16)10-22)13-3-5-14(6-4-13)17-12(2)19-9-25-17;1-6(2,3)4-7-5-8;1-2-3-4-5/h3-6,9-11,15-16,23H,7-8H2,1-2H3,(H,20,24);5H,4H2,1-3H3,(H,7,8);2-5H2,1H3/t11?,15-,16?;;/m1../s1. The van der Waals surface area contributed by atoms with Crippen LogP contribution in [0.4, 0.5) is 0 Å². The summed E-state index contributed by atoms with van der Waals surface area (Å²) in [6.45, 7) is 14.0. The van der Waals surface area contributed by atoms with Gasteiger partial charge in [-0.1, -0.05) is 58.4 Å². The Morgan fingerprint density at radius 3 is 2.37 bits per heavy atom. The highest BCUT2D eigenvalue weighted by atomic mass is 32.1. The van der Waals surface area contributed by atoms with Gasteiger partial charge in [-0.15, -0.1) is 11.3 Å². The van der Waals surface area contributed by atoms with Crippen LogP contribution in [0.25, 0.3) is 10.4 Å². The first-order valence-electron chi connectivity index (χ1n) is 13.0. The Morgan fingerprint density at radius 2 is 1.95 bits per heavy atom. The first-order chi connectivity index (χ1) is 18.0. The Hall–Kier alpha value is -2.82. The van der Waals surface area contributed by atoms with Crippen LogP contribution in [0, 0.1) is 12.3 Å². The van der Waals surface area contributed by atoms with E-state index in [9.17, 15) is 19.5 Å². The largest absolute Gasteiger partial charge is 0.391 e. The number of rotatable bonds is 9. The Morgan fingerprint density at radius 1 is 1.29 bits per heavy atom. The number of likely N-dealkylation sites (tertiary alicyclic amines) is 1. The number of aryl methyl sites for hydroxylation is 1. The van der Waals surface area contributed by atoms with Crippen LogP contribution in [0.3, 0.4) is 0 Å². The molecule has 38 heavy (non-hydrogen) atoms. The zero-order valence-corrected chi connectivity index (χ0v) is 24.4. The molecule has 3 rings (SSSR count). The maximum atomic E-state index is 12.4. The number of nitrogens with one attached hydrogen (secondary N) is 2. The number of carbonyl (C=O) groups is 3. The van der Waals surface area contributed by atoms with Gasteiger partial charge in [-0.2, -0.15) is 0 Å². The van der Waals surface area contributed by atoms with Crippen LogP contribution in [0.1, 0.15) is 71.2 Å². The molecule has 0 spiro atoms. The molecule has 1 saturated heterocycles. The number of benzene rings is 1. The summed E-state index contributed by atoms with van der Waals surface area (Å²) in [5.74, 6) is -0.237. The molecule has 1 aliphatic heterocycles. The third-order valence-electron chi connectivity index (χ3n) is 5.81. The molecule has 2 heterocycles. The van der Waals surface area contributed by atoms with Crippen molar-refractivity contribution in [3.05, 3.63) is 41.0 Å². The number of nitrogens with zero attached hydrogens (tertiary/aromatic N) is 2. The highest BCUT2D eigenvalue weighted by Gasteiger charge is 2.35. The molecule has 1 aromatic carbocycles. The number of aliphatic hydroxyl groups is 1. The maximum absolute atomic E-state index is 12.4. The van der Waals surface area contributed by atoms with E-state index in [2.05, 4.69) is 43.3 Å². The van der Waals surface area contributed by atoms with Crippen molar-refractivity contribution in [2.75, 3.05) is 19.6 Å². The van der Waals surface area contributed by atoms with E-state index in [0.717, 1.165) is 41.2 Å². The number of amides is 3. The van der Waals surface area contributed by atoms with Gasteiger partial charge in [0.15, 0.2) is 0 Å². The maximum Gasteiger partial charge on any atom is 0.243 e. The van der Waals surface area contributed by atoms with Crippen molar-refractivity contribution in [3.63, 3.8) is 0 Å². The number of hydrogen-bond acceptors (Lipinski definition) is 7. The predicted molar refractivity (Wildman–Crippen MR) is 154 cm³/mol. The van der Waals surface area contributed by atoms with Gasteiger partial charge in [-0.05, 0) is 43.4 Å². The van der Waals surface area contributed by atoms with Crippen molar-refractivity contribution in [3.8, 4) is 10.4 Å². The second-order valence-corrected chi connectivity index (χ2v) is 11.4. The molecule has 0 saturated carbocycles. The van der Waals surface area contributed by atoms with Crippen LogP contribution < -0.4 is 16.4 Å². The Balaban J connectivity index is 0.000000462. The van der Waals surface area contributed by atoms with E-state index >= 15 is 0 Å². The normalized spacial score (nSPS) is 17.3. The second-order valence-electron chi connectivity index (χ2n) is 10.5. The Kier molecular flexibility index (Phi) is 14.8. The van der Waals surface area contributed by atoms with E-state index in [1.165, 1.54) is 17.7 Å². The van der Waals surface area contributed by atoms with Gasteiger partial charge in [0.2, 0.25) is 18.7 Å². The Bertz CT molecular complexity index is 972. The summed E-state index contributed by atoms with van der Waals surface area (Å²) in [4.78, 5) is 39.9. The van der Waals surface area contributed by atoms with Crippen molar-refractivity contribution < 1.29 is 19.5 Å². The molecule has 0 bridgehead atoms. The summed E-state index contributed by atoms with van der Waals surface area (Å²) in [5, 5.41) is 15.2. The van der Waals surface area contributed by atoms with E-state index in [4.69, 9.17) is 5.73 Å². The topological polar surface area (TPSA) is 138 Å². The number of hydrogen-bond donors (Lipinski definition) is 4. The zero-order valence-electron chi connectivity index (χ0n) is 23.6. The first kappa shape index (κ1) is 33.2. The van der Waals surface area contributed by atoms with Crippen molar-refractivity contribution in [2.45, 2.75) is 79.0 Å². The van der Waals surface area contributed by atoms with Crippen LogP contribution in [-0.2, 0) is 14.4 Å². The summed E-state index contributed by atoms with van der Waals surface area (Å²) < 4.78 is 0. The Labute approximate surface area is 231 Å². The van der Waals surface area contributed by atoms with Crippen LogP contribution in [0.5, 0.6) is 0 Å². The molecule has 212 valence electrons. The van der Waals surface area contributed by atoms with Crippen LogP contribution in [0.2, 0.25) is 0 Å². The molecular formula is C28H45N5O4S. The molecule has 1 aromatic heterocycles. The minimum atomic E-state index is -0.641. The quantitative estimate of drug-likeness (QED) is 0.355. The van der Waals surface area contributed by atoms with Crippen LogP contribution in [-0.4, -0.2) is 65.5 Å². The second kappa shape index (κ2) is 16.9. The van der Waals surface area contributed by atoms with Crippen molar-refractivity contribution in [1.82, 2.24) is 20.5 Å². The molecule has 3 atom stereocenters. The minimum absolute atomic E-state index is 0.185. The van der Waals surface area contributed by atoms with E-state index in [0.29, 0.717) is 6.41 Å². The summed E-state index contributed by atoms with van der Waals surface area (Å²) >= 11 is 1.60. The molecule has 5 N–H and O–H groups in total. The highest BCUT2D eigenvalue weighted by molar-refractivity contribution is 7.13. The fraction of sp³-hybridized carbons (Fsp3) is 0.571. The molecule has 2 aromatic rings. The molecular weight excluding hydrogens is 502 g/mol. The number of carbonyl (C=O) groups excluding carboxylic acids is 3. The van der Waals surface area contributed by atoms with E-state index in [-0.39, 0.29) is 30.3 Å². The van der Waals surface area contributed by atoms with Gasteiger partial charge in [0, 0.05) is 19.5 Å². The minimum Gasteiger partial charge on any atom is -0.391 e.